The number of anilines is 1. The molecule has 8 heteroatoms. The summed E-state index contributed by atoms with van der Waals surface area (Å²) < 4.78 is 32.3. The van der Waals surface area contributed by atoms with Gasteiger partial charge >= 0.3 is 0 Å². The highest BCUT2D eigenvalue weighted by Crippen LogP contribution is 2.23. The van der Waals surface area contributed by atoms with E-state index >= 15 is 0 Å². The number of amides is 1. The van der Waals surface area contributed by atoms with Crippen molar-refractivity contribution in [3.05, 3.63) is 53.1 Å². The van der Waals surface area contributed by atoms with E-state index in [1.165, 1.54) is 30.3 Å². The lowest BCUT2D eigenvalue weighted by Crippen LogP contribution is -2.15. The van der Waals surface area contributed by atoms with Crippen LogP contribution in [0, 0.1) is 0 Å². The van der Waals surface area contributed by atoms with Crippen LogP contribution in [0.1, 0.15) is 17.3 Å². The van der Waals surface area contributed by atoms with Crippen molar-refractivity contribution in [1.82, 2.24) is 0 Å². The van der Waals surface area contributed by atoms with Crippen molar-refractivity contribution in [2.24, 2.45) is 5.73 Å². The quantitative estimate of drug-likeness (QED) is 0.833. The van der Waals surface area contributed by atoms with Crippen LogP contribution in [0.25, 0.3) is 0 Å². The third kappa shape index (κ3) is 4.14. The topological polar surface area (TPSA) is 98.5 Å². The molecular formula is C15H15ClN2O4S. The van der Waals surface area contributed by atoms with E-state index in [9.17, 15) is 13.2 Å². The SMILES string of the molecule is CCOc1ccc(S(=O)(=O)Nc2ccc(Cl)c(C(N)=O)c2)cc1. The van der Waals surface area contributed by atoms with E-state index in [0.29, 0.717) is 12.4 Å². The highest BCUT2D eigenvalue weighted by molar-refractivity contribution is 7.92. The van der Waals surface area contributed by atoms with Gasteiger partial charge in [0.25, 0.3) is 10.0 Å². The molecule has 3 N–H and O–H groups in total. The molecule has 2 aromatic carbocycles. The van der Waals surface area contributed by atoms with Crippen LogP contribution in [-0.4, -0.2) is 20.9 Å². The van der Waals surface area contributed by atoms with E-state index in [2.05, 4.69) is 4.72 Å². The molecule has 0 heterocycles. The summed E-state index contributed by atoms with van der Waals surface area (Å²) in [6.07, 6.45) is 0. The van der Waals surface area contributed by atoms with Gasteiger partial charge in [-0.3, -0.25) is 9.52 Å². The van der Waals surface area contributed by atoms with Crippen LogP contribution < -0.4 is 15.2 Å². The minimum Gasteiger partial charge on any atom is -0.494 e. The number of nitrogens with two attached hydrogens (primary N) is 1. The van der Waals surface area contributed by atoms with Crippen molar-refractivity contribution in [3.63, 3.8) is 0 Å². The van der Waals surface area contributed by atoms with E-state index in [-0.39, 0.29) is 21.2 Å². The molecule has 0 atom stereocenters. The van der Waals surface area contributed by atoms with Gasteiger partial charge in [-0.15, -0.1) is 0 Å². The maximum atomic E-state index is 12.3. The van der Waals surface area contributed by atoms with Crippen molar-refractivity contribution >= 4 is 33.2 Å². The minimum atomic E-state index is -3.80. The maximum absolute atomic E-state index is 12.3. The van der Waals surface area contributed by atoms with Crippen LogP contribution in [0.15, 0.2) is 47.4 Å². The zero-order valence-electron chi connectivity index (χ0n) is 12.2. The number of hydrogen-bond donors (Lipinski definition) is 2. The average molecular weight is 355 g/mol. The molecule has 0 aliphatic heterocycles. The fourth-order valence-corrected chi connectivity index (χ4v) is 3.13. The fraction of sp³-hybridized carbons (Fsp3) is 0.133. The number of halogens is 1. The Morgan fingerprint density at radius 1 is 1.22 bits per heavy atom. The molecule has 0 aliphatic rings. The first-order valence-electron chi connectivity index (χ1n) is 6.68. The van der Waals surface area contributed by atoms with Crippen LogP contribution in [0.3, 0.4) is 0 Å². The molecule has 0 saturated carbocycles. The molecule has 23 heavy (non-hydrogen) atoms. The molecule has 0 aromatic heterocycles. The van der Waals surface area contributed by atoms with E-state index in [1.807, 2.05) is 6.92 Å². The molecule has 0 unspecified atom stereocenters. The van der Waals surface area contributed by atoms with Gasteiger partial charge in [0.05, 0.1) is 22.1 Å². The van der Waals surface area contributed by atoms with Crippen LogP contribution >= 0.6 is 11.6 Å². The van der Waals surface area contributed by atoms with Gasteiger partial charge in [-0.05, 0) is 49.4 Å². The zero-order chi connectivity index (χ0) is 17.0. The van der Waals surface area contributed by atoms with E-state index in [1.54, 1.807) is 12.1 Å². The Balaban J connectivity index is 2.27. The second-order valence-corrected chi connectivity index (χ2v) is 6.66. The standard InChI is InChI=1S/C15H15ClN2O4S/c1-2-22-11-4-6-12(7-5-11)23(20,21)18-10-3-8-14(16)13(9-10)15(17)19/h3-9,18H,2H2,1H3,(H2,17,19). The highest BCUT2D eigenvalue weighted by atomic mass is 35.5. The van der Waals surface area contributed by atoms with Gasteiger partial charge in [-0.1, -0.05) is 11.6 Å². The molecule has 2 rings (SSSR count). The first kappa shape index (κ1) is 17.1. The summed E-state index contributed by atoms with van der Waals surface area (Å²) in [6.45, 7) is 2.33. The monoisotopic (exact) mass is 354 g/mol. The van der Waals surface area contributed by atoms with Crippen molar-refractivity contribution < 1.29 is 17.9 Å². The molecule has 0 saturated heterocycles. The number of hydrogen-bond acceptors (Lipinski definition) is 4. The lowest BCUT2D eigenvalue weighted by atomic mass is 10.2. The van der Waals surface area contributed by atoms with E-state index in [4.69, 9.17) is 22.1 Å². The summed E-state index contributed by atoms with van der Waals surface area (Å²) in [5.74, 6) is -0.161. The number of sulfonamides is 1. The van der Waals surface area contributed by atoms with Gasteiger partial charge in [-0.25, -0.2) is 8.42 Å². The molecule has 0 spiro atoms. The normalized spacial score (nSPS) is 11.0. The summed E-state index contributed by atoms with van der Waals surface area (Å²) in [5, 5.41) is 0.154. The molecule has 0 fully saturated rings. The number of rotatable bonds is 6. The summed E-state index contributed by atoms with van der Waals surface area (Å²) in [6, 6.07) is 10.1. The van der Waals surface area contributed by atoms with Gasteiger partial charge in [0.15, 0.2) is 0 Å². The summed E-state index contributed by atoms with van der Waals surface area (Å²) in [5.41, 5.74) is 5.42. The van der Waals surface area contributed by atoms with Crippen LogP contribution in [0.5, 0.6) is 5.75 Å². The first-order valence-corrected chi connectivity index (χ1v) is 8.54. The minimum absolute atomic E-state index is 0.0403. The molecule has 0 radical (unpaired) electrons. The molecule has 0 bridgehead atoms. The Morgan fingerprint density at radius 3 is 2.43 bits per heavy atom. The van der Waals surface area contributed by atoms with Crippen LogP contribution in [0.4, 0.5) is 5.69 Å². The van der Waals surface area contributed by atoms with Crippen molar-refractivity contribution in [1.29, 1.82) is 0 Å². The summed E-state index contributed by atoms with van der Waals surface area (Å²) in [4.78, 5) is 11.3. The second-order valence-electron chi connectivity index (χ2n) is 4.57. The Kier molecular flexibility index (Phi) is 5.12. The Bertz CT molecular complexity index is 820. The first-order chi connectivity index (χ1) is 10.8. The molecule has 2 aromatic rings. The lowest BCUT2D eigenvalue weighted by Gasteiger charge is -2.10. The number of carbonyl (C=O) groups excluding carboxylic acids is 1. The van der Waals surface area contributed by atoms with E-state index in [0.717, 1.165) is 0 Å². The molecule has 1 amide bonds. The van der Waals surface area contributed by atoms with Crippen molar-refractivity contribution in [3.8, 4) is 5.75 Å². The van der Waals surface area contributed by atoms with Crippen LogP contribution in [0.2, 0.25) is 5.02 Å². The number of benzene rings is 2. The summed E-state index contributed by atoms with van der Waals surface area (Å²) in [7, 11) is -3.80. The fourth-order valence-electron chi connectivity index (χ4n) is 1.87. The van der Waals surface area contributed by atoms with Gasteiger partial charge in [-0.2, -0.15) is 0 Å². The number of carbonyl (C=O) groups is 1. The van der Waals surface area contributed by atoms with Crippen molar-refractivity contribution in [2.45, 2.75) is 11.8 Å². The Morgan fingerprint density at radius 2 is 1.87 bits per heavy atom. The lowest BCUT2D eigenvalue weighted by molar-refractivity contribution is 0.100. The zero-order valence-corrected chi connectivity index (χ0v) is 13.8. The highest BCUT2D eigenvalue weighted by Gasteiger charge is 2.16. The largest absolute Gasteiger partial charge is 0.494 e. The summed E-state index contributed by atoms with van der Waals surface area (Å²) >= 11 is 5.83. The smallest absolute Gasteiger partial charge is 0.261 e. The average Bonchev–Trinajstić information content (AvgIpc) is 2.49. The van der Waals surface area contributed by atoms with Crippen LogP contribution in [-0.2, 0) is 10.0 Å². The predicted octanol–water partition coefficient (Wildman–Crippen LogP) is 2.64. The van der Waals surface area contributed by atoms with E-state index < -0.39 is 15.9 Å². The third-order valence-electron chi connectivity index (χ3n) is 2.93. The third-order valence-corrected chi connectivity index (χ3v) is 4.66. The van der Waals surface area contributed by atoms with Gasteiger partial charge in [0.1, 0.15) is 5.75 Å². The number of primary amides is 1. The number of nitrogens with one attached hydrogen (secondary N) is 1. The predicted molar refractivity (Wildman–Crippen MR) is 88.4 cm³/mol. The maximum Gasteiger partial charge on any atom is 0.261 e. The van der Waals surface area contributed by atoms with Crippen molar-refractivity contribution in [2.75, 3.05) is 11.3 Å². The van der Waals surface area contributed by atoms with Gasteiger partial charge in [0, 0.05) is 5.69 Å². The molecule has 0 aliphatic carbocycles. The molecule has 122 valence electrons. The Hall–Kier alpha value is -2.25. The molecular weight excluding hydrogens is 340 g/mol. The van der Waals surface area contributed by atoms with Gasteiger partial charge < -0.3 is 10.5 Å². The Labute approximate surface area is 139 Å². The number of ether oxygens (including phenoxy) is 1. The molecule has 6 nitrogen and oxygen atoms in total. The second kappa shape index (κ2) is 6.89. The van der Waals surface area contributed by atoms with Gasteiger partial charge in [0.2, 0.25) is 5.91 Å².